The number of benzene rings is 2. The van der Waals surface area contributed by atoms with Crippen LogP contribution in [0.25, 0.3) is 0 Å². The van der Waals surface area contributed by atoms with Gasteiger partial charge in [-0.1, -0.05) is 18.2 Å². The number of rotatable bonds is 8. The Labute approximate surface area is 176 Å². The molecule has 0 unspecified atom stereocenters. The Hall–Kier alpha value is -3.39. The normalized spacial score (nSPS) is 11.0. The fourth-order valence-corrected chi connectivity index (χ4v) is 4.14. The van der Waals surface area contributed by atoms with Crippen LogP contribution in [0.5, 0.6) is 5.75 Å². The number of pyridine rings is 1. The molecule has 1 heterocycles. The Morgan fingerprint density at radius 1 is 1.03 bits per heavy atom. The van der Waals surface area contributed by atoms with Gasteiger partial charge in [-0.25, -0.2) is 13.2 Å². The number of amides is 2. The fourth-order valence-electron chi connectivity index (χ4n) is 2.80. The maximum Gasteiger partial charge on any atom is 0.319 e. The van der Waals surface area contributed by atoms with Crippen LogP contribution in [0.1, 0.15) is 18.1 Å². The molecule has 3 rings (SSSR count). The first kappa shape index (κ1) is 21.3. The van der Waals surface area contributed by atoms with Crippen molar-refractivity contribution >= 4 is 21.6 Å². The molecule has 0 saturated heterocycles. The van der Waals surface area contributed by atoms with E-state index in [0.717, 1.165) is 5.56 Å². The van der Waals surface area contributed by atoms with Gasteiger partial charge in [-0.05, 0) is 60.5 Å². The third-order valence-electron chi connectivity index (χ3n) is 4.21. The van der Waals surface area contributed by atoms with Crippen molar-refractivity contribution in [3.05, 3.63) is 84.2 Å². The quantitative estimate of drug-likeness (QED) is 0.572. The third kappa shape index (κ3) is 6.05. The van der Waals surface area contributed by atoms with Crippen molar-refractivity contribution in [2.24, 2.45) is 0 Å². The summed E-state index contributed by atoms with van der Waals surface area (Å²) in [6.07, 6.45) is 3.33. The molecule has 1 aromatic heterocycles. The first-order chi connectivity index (χ1) is 14.5. The largest absolute Gasteiger partial charge is 0.494 e. The van der Waals surface area contributed by atoms with Crippen LogP contribution in [0.4, 0.5) is 10.5 Å². The van der Waals surface area contributed by atoms with Crippen LogP contribution >= 0.6 is 0 Å². The number of nitrogens with zero attached hydrogens (tertiary/aromatic N) is 1. The molecule has 0 aliphatic heterocycles. The first-order valence-electron chi connectivity index (χ1n) is 9.44. The Kier molecular flexibility index (Phi) is 7.03. The van der Waals surface area contributed by atoms with Crippen LogP contribution in [0, 0.1) is 0 Å². The number of ether oxygens (including phenoxy) is 1. The highest BCUT2D eigenvalue weighted by Crippen LogP contribution is 2.21. The minimum atomic E-state index is -3.53. The second-order valence-electron chi connectivity index (χ2n) is 6.53. The molecular weight excluding hydrogens is 402 g/mol. The van der Waals surface area contributed by atoms with E-state index in [1.165, 1.54) is 12.1 Å². The van der Waals surface area contributed by atoms with Gasteiger partial charge in [0, 0.05) is 24.6 Å². The van der Waals surface area contributed by atoms with E-state index < -0.39 is 9.84 Å². The first-order valence-corrected chi connectivity index (χ1v) is 11.1. The molecule has 8 heteroatoms. The van der Waals surface area contributed by atoms with Crippen molar-refractivity contribution in [2.45, 2.75) is 24.1 Å². The average Bonchev–Trinajstić information content (AvgIpc) is 2.74. The number of carbonyl (C=O) groups excluding carboxylic acids is 1. The highest BCUT2D eigenvalue weighted by Gasteiger charge is 2.16. The van der Waals surface area contributed by atoms with E-state index in [9.17, 15) is 13.2 Å². The van der Waals surface area contributed by atoms with Gasteiger partial charge in [0.1, 0.15) is 5.75 Å². The second-order valence-corrected chi connectivity index (χ2v) is 8.52. The zero-order valence-corrected chi connectivity index (χ0v) is 17.4. The minimum Gasteiger partial charge on any atom is -0.494 e. The summed E-state index contributed by atoms with van der Waals surface area (Å²) < 4.78 is 30.9. The zero-order chi connectivity index (χ0) is 21.4. The molecule has 0 spiro atoms. The number of sulfone groups is 1. The highest BCUT2D eigenvalue weighted by molar-refractivity contribution is 7.90. The van der Waals surface area contributed by atoms with Crippen molar-refractivity contribution < 1.29 is 17.9 Å². The summed E-state index contributed by atoms with van der Waals surface area (Å²) in [4.78, 5) is 16.2. The van der Waals surface area contributed by atoms with Gasteiger partial charge in [0.25, 0.3) is 0 Å². The number of nitrogens with one attached hydrogen (secondary N) is 2. The van der Waals surface area contributed by atoms with E-state index in [1.807, 2.05) is 13.0 Å². The molecule has 2 aromatic carbocycles. The standard InChI is InChI=1S/C22H23N3O4S/c1-2-29-20-7-3-5-17(13-20)16-30(27,28)21-10-8-19(9-11-21)25-22(26)24-15-18-6-4-12-23-14-18/h3-14H,2,15-16H2,1H3,(H2,24,25,26). The van der Waals surface area contributed by atoms with Crippen LogP contribution in [-0.2, 0) is 22.1 Å². The van der Waals surface area contributed by atoms with Crippen molar-refractivity contribution in [1.82, 2.24) is 10.3 Å². The Morgan fingerprint density at radius 3 is 2.50 bits per heavy atom. The van der Waals surface area contributed by atoms with Gasteiger partial charge in [0.2, 0.25) is 0 Å². The molecule has 0 saturated carbocycles. The van der Waals surface area contributed by atoms with E-state index in [2.05, 4.69) is 15.6 Å². The predicted octanol–water partition coefficient (Wildman–Crippen LogP) is 3.78. The lowest BCUT2D eigenvalue weighted by atomic mass is 10.2. The van der Waals surface area contributed by atoms with E-state index in [4.69, 9.17) is 4.74 Å². The molecule has 2 N–H and O–H groups in total. The molecule has 0 fully saturated rings. The number of urea groups is 1. The van der Waals surface area contributed by atoms with Gasteiger partial charge in [-0.3, -0.25) is 4.98 Å². The van der Waals surface area contributed by atoms with Gasteiger partial charge in [-0.2, -0.15) is 0 Å². The highest BCUT2D eigenvalue weighted by atomic mass is 32.2. The molecular formula is C22H23N3O4S. The Morgan fingerprint density at radius 2 is 1.80 bits per heavy atom. The van der Waals surface area contributed by atoms with Crippen molar-refractivity contribution in [3.8, 4) is 5.75 Å². The zero-order valence-electron chi connectivity index (χ0n) is 16.5. The van der Waals surface area contributed by atoms with Crippen LogP contribution in [0.2, 0.25) is 0 Å². The summed E-state index contributed by atoms with van der Waals surface area (Å²) in [5, 5.41) is 5.40. The molecule has 0 aliphatic carbocycles. The summed E-state index contributed by atoms with van der Waals surface area (Å²) in [6.45, 7) is 2.73. The van der Waals surface area contributed by atoms with Gasteiger partial charge >= 0.3 is 6.03 Å². The molecule has 3 aromatic rings. The van der Waals surface area contributed by atoms with Crippen LogP contribution < -0.4 is 15.4 Å². The molecule has 0 radical (unpaired) electrons. The Bertz CT molecular complexity index is 1080. The molecule has 7 nitrogen and oxygen atoms in total. The lowest BCUT2D eigenvalue weighted by molar-refractivity contribution is 0.251. The third-order valence-corrected chi connectivity index (χ3v) is 5.92. The minimum absolute atomic E-state index is 0.133. The van der Waals surface area contributed by atoms with E-state index in [1.54, 1.807) is 54.9 Å². The lowest BCUT2D eigenvalue weighted by Crippen LogP contribution is -2.28. The molecule has 0 atom stereocenters. The smallest absolute Gasteiger partial charge is 0.319 e. The van der Waals surface area contributed by atoms with Crippen molar-refractivity contribution in [1.29, 1.82) is 0 Å². The van der Waals surface area contributed by atoms with E-state index in [0.29, 0.717) is 30.2 Å². The number of anilines is 1. The maximum atomic E-state index is 12.7. The molecule has 2 amide bonds. The summed E-state index contributed by atoms with van der Waals surface area (Å²) in [5.41, 5.74) is 2.02. The van der Waals surface area contributed by atoms with Crippen LogP contribution in [0.15, 0.2) is 78.0 Å². The topological polar surface area (TPSA) is 97.4 Å². The maximum absolute atomic E-state index is 12.7. The molecule has 0 aliphatic rings. The summed E-state index contributed by atoms with van der Waals surface area (Å²) in [5.74, 6) is 0.508. The summed E-state index contributed by atoms with van der Waals surface area (Å²) in [6, 6.07) is 16.4. The molecule has 0 bridgehead atoms. The monoisotopic (exact) mass is 425 g/mol. The van der Waals surface area contributed by atoms with Gasteiger partial charge < -0.3 is 15.4 Å². The fraction of sp³-hybridized carbons (Fsp3) is 0.182. The van der Waals surface area contributed by atoms with Gasteiger partial charge in [0.15, 0.2) is 9.84 Å². The predicted molar refractivity (Wildman–Crippen MR) is 115 cm³/mol. The van der Waals surface area contributed by atoms with E-state index in [-0.39, 0.29) is 16.7 Å². The van der Waals surface area contributed by atoms with E-state index >= 15 is 0 Å². The summed E-state index contributed by atoms with van der Waals surface area (Å²) in [7, 11) is -3.53. The molecule has 156 valence electrons. The SMILES string of the molecule is CCOc1cccc(CS(=O)(=O)c2ccc(NC(=O)NCc3cccnc3)cc2)c1. The van der Waals surface area contributed by atoms with Crippen LogP contribution in [-0.4, -0.2) is 26.0 Å². The van der Waals surface area contributed by atoms with Gasteiger partial charge in [-0.15, -0.1) is 0 Å². The Balaban J connectivity index is 1.60. The number of hydrogen-bond acceptors (Lipinski definition) is 5. The second kappa shape index (κ2) is 9.89. The number of carbonyl (C=O) groups is 1. The number of aromatic nitrogens is 1. The lowest BCUT2D eigenvalue weighted by Gasteiger charge is -2.10. The van der Waals surface area contributed by atoms with Crippen molar-refractivity contribution in [2.75, 3.05) is 11.9 Å². The van der Waals surface area contributed by atoms with Gasteiger partial charge in [0.05, 0.1) is 17.3 Å². The van der Waals surface area contributed by atoms with Crippen molar-refractivity contribution in [3.63, 3.8) is 0 Å². The summed E-state index contributed by atoms with van der Waals surface area (Å²) >= 11 is 0. The van der Waals surface area contributed by atoms with Crippen LogP contribution in [0.3, 0.4) is 0 Å². The number of hydrogen-bond donors (Lipinski definition) is 2. The molecule has 30 heavy (non-hydrogen) atoms. The average molecular weight is 426 g/mol.